The Labute approximate surface area is 156 Å². The van der Waals surface area contributed by atoms with Gasteiger partial charge in [-0.05, 0) is 30.2 Å². The van der Waals surface area contributed by atoms with Crippen LogP contribution in [0.4, 0.5) is 0 Å². The molecule has 1 aliphatic rings. The van der Waals surface area contributed by atoms with Crippen LogP contribution in [0.3, 0.4) is 0 Å². The highest BCUT2D eigenvalue weighted by Gasteiger charge is 2.14. The van der Waals surface area contributed by atoms with E-state index in [1.807, 2.05) is 44.2 Å². The lowest BCUT2D eigenvalue weighted by atomic mass is 10.1. The molecular weight excluding hydrogens is 354 g/mol. The fourth-order valence-electron chi connectivity index (χ4n) is 2.23. The van der Waals surface area contributed by atoms with Crippen LogP contribution in [0.5, 0.6) is 0 Å². The van der Waals surface area contributed by atoms with Crippen molar-refractivity contribution in [2.24, 2.45) is 5.90 Å². The van der Waals surface area contributed by atoms with E-state index in [1.165, 1.54) is 0 Å². The largest absolute Gasteiger partial charge is 0.370 e. The molecule has 7 heteroatoms. The predicted octanol–water partition coefficient (Wildman–Crippen LogP) is 4.03. The molecule has 2 aromatic rings. The number of nitrogens with zero attached hydrogens (tertiary/aromatic N) is 2. The molecule has 136 valence electrons. The standard InChI is InChI=1S/C17H14ClN3O3.C2H6/c18-14-8-4-11(5-9-14)10-15-20-16(21-24-15)12-2-1-3-13(7-6-12)17(22)23-19;1-2/h1,3-9H,2,10,19H2;1-2H3. The first-order valence-electron chi connectivity index (χ1n) is 8.21. The van der Waals surface area contributed by atoms with Crippen LogP contribution in [0, 0.1) is 0 Å². The molecule has 0 amide bonds. The summed E-state index contributed by atoms with van der Waals surface area (Å²) >= 11 is 5.87. The molecule has 0 aliphatic heterocycles. The molecule has 0 saturated heterocycles. The summed E-state index contributed by atoms with van der Waals surface area (Å²) in [6, 6.07) is 7.45. The van der Waals surface area contributed by atoms with Crippen LogP contribution < -0.4 is 5.90 Å². The van der Waals surface area contributed by atoms with Crippen molar-refractivity contribution >= 4 is 23.1 Å². The number of rotatable bonds is 4. The molecule has 6 nitrogen and oxygen atoms in total. The van der Waals surface area contributed by atoms with Crippen molar-refractivity contribution in [1.29, 1.82) is 0 Å². The number of halogens is 1. The fourth-order valence-corrected chi connectivity index (χ4v) is 2.36. The summed E-state index contributed by atoms with van der Waals surface area (Å²) in [4.78, 5) is 20.1. The van der Waals surface area contributed by atoms with E-state index >= 15 is 0 Å². The second kappa shape index (κ2) is 9.70. The van der Waals surface area contributed by atoms with Crippen molar-refractivity contribution in [1.82, 2.24) is 10.1 Å². The minimum atomic E-state index is -0.597. The zero-order valence-corrected chi connectivity index (χ0v) is 15.4. The Morgan fingerprint density at radius 3 is 2.69 bits per heavy atom. The van der Waals surface area contributed by atoms with Crippen LogP contribution in [-0.2, 0) is 16.1 Å². The number of benzene rings is 1. The van der Waals surface area contributed by atoms with Crippen molar-refractivity contribution in [2.45, 2.75) is 26.7 Å². The second-order valence-electron chi connectivity index (χ2n) is 5.14. The number of carbonyl (C=O) groups excluding carboxylic acids is 1. The normalized spacial score (nSPS) is 13.1. The minimum Gasteiger partial charge on any atom is -0.370 e. The topological polar surface area (TPSA) is 91.2 Å². The van der Waals surface area contributed by atoms with Crippen LogP contribution in [0.1, 0.15) is 37.5 Å². The maximum absolute atomic E-state index is 11.4. The van der Waals surface area contributed by atoms with Crippen molar-refractivity contribution in [3.8, 4) is 0 Å². The quantitative estimate of drug-likeness (QED) is 0.813. The van der Waals surface area contributed by atoms with E-state index in [1.54, 1.807) is 18.2 Å². The van der Waals surface area contributed by atoms with Gasteiger partial charge in [0.2, 0.25) is 5.89 Å². The smallest absolute Gasteiger partial charge is 0.356 e. The second-order valence-corrected chi connectivity index (χ2v) is 5.58. The van der Waals surface area contributed by atoms with Crippen molar-refractivity contribution in [3.63, 3.8) is 0 Å². The number of carbonyl (C=O) groups is 1. The molecule has 0 saturated carbocycles. The first kappa shape index (κ1) is 19.6. The molecule has 0 radical (unpaired) electrons. The third kappa shape index (κ3) is 5.15. The molecule has 0 fully saturated rings. The first-order valence-corrected chi connectivity index (χ1v) is 8.59. The molecule has 1 aliphatic carbocycles. The van der Waals surface area contributed by atoms with Gasteiger partial charge < -0.3 is 9.36 Å². The predicted molar refractivity (Wildman–Crippen MR) is 100 cm³/mol. The molecule has 1 aromatic heterocycles. The van der Waals surface area contributed by atoms with Crippen molar-refractivity contribution in [2.75, 3.05) is 0 Å². The molecule has 26 heavy (non-hydrogen) atoms. The maximum atomic E-state index is 11.4. The van der Waals surface area contributed by atoms with Crippen LogP contribution >= 0.6 is 11.6 Å². The van der Waals surface area contributed by atoms with Gasteiger partial charge in [-0.2, -0.15) is 10.9 Å². The lowest BCUT2D eigenvalue weighted by molar-refractivity contribution is -0.139. The summed E-state index contributed by atoms with van der Waals surface area (Å²) in [5.41, 5.74) is 2.21. The zero-order valence-electron chi connectivity index (χ0n) is 14.6. The van der Waals surface area contributed by atoms with E-state index in [2.05, 4.69) is 15.0 Å². The van der Waals surface area contributed by atoms with Gasteiger partial charge in [-0.15, -0.1) is 0 Å². The van der Waals surface area contributed by atoms with Gasteiger partial charge >= 0.3 is 5.97 Å². The van der Waals surface area contributed by atoms with E-state index in [4.69, 9.17) is 22.0 Å². The highest BCUT2D eigenvalue weighted by Crippen LogP contribution is 2.21. The Morgan fingerprint density at radius 2 is 2.00 bits per heavy atom. The van der Waals surface area contributed by atoms with E-state index < -0.39 is 5.97 Å². The van der Waals surface area contributed by atoms with Gasteiger partial charge in [0, 0.05) is 10.6 Å². The molecule has 0 atom stereocenters. The number of aromatic nitrogens is 2. The van der Waals surface area contributed by atoms with Crippen LogP contribution in [0.25, 0.3) is 5.57 Å². The number of nitrogens with two attached hydrogens (primary N) is 1. The SMILES string of the molecule is CC.NOC(=O)C1=CC=C(c2noc(Cc3ccc(Cl)cc3)n2)CC=C1. The van der Waals surface area contributed by atoms with E-state index in [9.17, 15) is 4.79 Å². The highest BCUT2D eigenvalue weighted by molar-refractivity contribution is 6.30. The molecule has 0 bridgehead atoms. The lowest BCUT2D eigenvalue weighted by Crippen LogP contribution is -2.10. The number of hydrogen-bond donors (Lipinski definition) is 1. The Kier molecular flexibility index (Phi) is 7.32. The van der Waals surface area contributed by atoms with Crippen molar-refractivity contribution in [3.05, 3.63) is 76.4 Å². The number of allylic oxidation sites excluding steroid dienone is 4. The lowest BCUT2D eigenvalue weighted by Gasteiger charge is -1.96. The average Bonchev–Trinajstić information content (AvgIpc) is 2.99. The molecule has 3 rings (SSSR count). The summed E-state index contributed by atoms with van der Waals surface area (Å²) in [5, 5.41) is 4.68. The third-order valence-corrected chi connectivity index (χ3v) is 3.72. The molecule has 0 spiro atoms. The summed E-state index contributed by atoms with van der Waals surface area (Å²) in [5.74, 6) is 5.29. The molecule has 1 heterocycles. The van der Waals surface area contributed by atoms with Gasteiger partial charge in [-0.1, -0.05) is 61.0 Å². The third-order valence-electron chi connectivity index (χ3n) is 3.47. The van der Waals surface area contributed by atoms with Gasteiger partial charge in [0.05, 0.1) is 12.0 Å². The Bertz CT molecular complexity index is 836. The summed E-state index contributed by atoms with van der Waals surface area (Å²) in [6.07, 6.45) is 7.92. The van der Waals surface area contributed by atoms with Crippen LogP contribution in [-0.4, -0.2) is 16.1 Å². The van der Waals surface area contributed by atoms with Gasteiger partial charge in [0.25, 0.3) is 0 Å². The van der Waals surface area contributed by atoms with E-state index in [0.29, 0.717) is 35.2 Å². The Balaban J connectivity index is 0.00000117. The maximum Gasteiger partial charge on any atom is 0.356 e. The van der Waals surface area contributed by atoms with Gasteiger partial charge in [-0.25, -0.2) is 4.79 Å². The molecular formula is C19H20ClN3O3. The Morgan fingerprint density at radius 1 is 1.27 bits per heavy atom. The molecule has 2 N–H and O–H groups in total. The Hall–Kier alpha value is -2.70. The summed E-state index contributed by atoms with van der Waals surface area (Å²) in [6.45, 7) is 4.00. The summed E-state index contributed by atoms with van der Waals surface area (Å²) in [7, 11) is 0. The monoisotopic (exact) mass is 373 g/mol. The van der Waals surface area contributed by atoms with Crippen LogP contribution in [0.15, 0.2) is 58.7 Å². The molecule has 0 unspecified atom stereocenters. The van der Waals surface area contributed by atoms with Crippen LogP contribution in [0.2, 0.25) is 5.02 Å². The summed E-state index contributed by atoms with van der Waals surface area (Å²) < 4.78 is 5.30. The highest BCUT2D eigenvalue weighted by atomic mass is 35.5. The minimum absolute atomic E-state index is 0.359. The zero-order chi connectivity index (χ0) is 18.9. The van der Waals surface area contributed by atoms with Gasteiger partial charge in [-0.3, -0.25) is 0 Å². The first-order chi connectivity index (χ1) is 12.7. The van der Waals surface area contributed by atoms with E-state index in [0.717, 1.165) is 11.1 Å². The molecule has 1 aromatic carbocycles. The van der Waals surface area contributed by atoms with Gasteiger partial charge in [0.1, 0.15) is 0 Å². The fraction of sp³-hybridized carbons (Fsp3) is 0.211. The average molecular weight is 374 g/mol. The van der Waals surface area contributed by atoms with E-state index in [-0.39, 0.29) is 0 Å². The van der Waals surface area contributed by atoms with Crippen molar-refractivity contribution < 1.29 is 14.2 Å². The number of hydrogen-bond acceptors (Lipinski definition) is 6. The van der Waals surface area contributed by atoms with Gasteiger partial charge in [0.15, 0.2) is 5.82 Å².